The number of carbonyl (C=O) groups is 1. The first-order valence-corrected chi connectivity index (χ1v) is 6.99. The highest BCUT2D eigenvalue weighted by Crippen LogP contribution is 2.28. The second-order valence-electron chi connectivity index (χ2n) is 5.08. The van der Waals surface area contributed by atoms with Crippen molar-refractivity contribution in [2.75, 3.05) is 26.8 Å². The average molecular weight is 278 g/mol. The van der Waals surface area contributed by atoms with Gasteiger partial charge in [0.25, 0.3) is 5.91 Å². The molecular formula is C15H22N2O3. The lowest BCUT2D eigenvalue weighted by molar-refractivity contribution is -0.119. The minimum absolute atomic E-state index is 0.135. The van der Waals surface area contributed by atoms with E-state index in [2.05, 4.69) is 4.90 Å². The maximum absolute atomic E-state index is 10.8. The van der Waals surface area contributed by atoms with E-state index in [9.17, 15) is 4.79 Å². The molecule has 0 atom stereocenters. The first-order valence-electron chi connectivity index (χ1n) is 6.99. The van der Waals surface area contributed by atoms with Crippen LogP contribution in [0.4, 0.5) is 0 Å². The van der Waals surface area contributed by atoms with Gasteiger partial charge in [0, 0.05) is 6.54 Å². The van der Waals surface area contributed by atoms with Gasteiger partial charge >= 0.3 is 0 Å². The monoisotopic (exact) mass is 278 g/mol. The summed E-state index contributed by atoms with van der Waals surface area (Å²) in [5, 5.41) is 0. The molecule has 1 fully saturated rings. The number of rotatable bonds is 6. The van der Waals surface area contributed by atoms with Crippen molar-refractivity contribution in [1.82, 2.24) is 4.90 Å². The van der Waals surface area contributed by atoms with Crippen LogP contribution in [0, 0.1) is 0 Å². The molecule has 1 amide bonds. The van der Waals surface area contributed by atoms with Crippen molar-refractivity contribution in [3.05, 3.63) is 23.8 Å². The SMILES string of the molecule is COc1ccc(CN2CCCCC2)cc1OCC(N)=O. The fraction of sp³-hybridized carbons (Fsp3) is 0.533. The highest BCUT2D eigenvalue weighted by molar-refractivity contribution is 5.75. The molecule has 0 radical (unpaired) electrons. The molecule has 20 heavy (non-hydrogen) atoms. The summed E-state index contributed by atoms with van der Waals surface area (Å²) in [4.78, 5) is 13.3. The lowest BCUT2D eigenvalue weighted by Crippen LogP contribution is -2.29. The third kappa shape index (κ3) is 4.13. The smallest absolute Gasteiger partial charge is 0.255 e. The summed E-state index contributed by atoms with van der Waals surface area (Å²) in [5.74, 6) is 0.697. The van der Waals surface area contributed by atoms with E-state index < -0.39 is 5.91 Å². The summed E-state index contributed by atoms with van der Waals surface area (Å²) in [6.45, 7) is 3.05. The topological polar surface area (TPSA) is 64.8 Å². The first kappa shape index (κ1) is 14.7. The van der Waals surface area contributed by atoms with E-state index >= 15 is 0 Å². The zero-order valence-corrected chi connectivity index (χ0v) is 11.9. The Morgan fingerprint density at radius 1 is 1.25 bits per heavy atom. The molecule has 1 aliphatic heterocycles. The van der Waals surface area contributed by atoms with Crippen molar-refractivity contribution in [3.8, 4) is 11.5 Å². The Balaban J connectivity index is 2.05. The van der Waals surface area contributed by atoms with Crippen molar-refractivity contribution in [2.24, 2.45) is 5.73 Å². The lowest BCUT2D eigenvalue weighted by Gasteiger charge is -2.26. The summed E-state index contributed by atoms with van der Waals surface area (Å²) in [5.41, 5.74) is 6.27. The van der Waals surface area contributed by atoms with Crippen LogP contribution in [-0.4, -0.2) is 37.6 Å². The fourth-order valence-electron chi connectivity index (χ4n) is 2.46. The summed E-state index contributed by atoms with van der Waals surface area (Å²) in [6, 6.07) is 5.83. The van der Waals surface area contributed by atoms with E-state index in [1.807, 2.05) is 18.2 Å². The largest absolute Gasteiger partial charge is 0.493 e. The lowest BCUT2D eigenvalue weighted by atomic mass is 10.1. The zero-order chi connectivity index (χ0) is 14.4. The number of methoxy groups -OCH3 is 1. The molecule has 0 bridgehead atoms. The van der Waals surface area contributed by atoms with Crippen LogP contribution >= 0.6 is 0 Å². The van der Waals surface area contributed by atoms with Crippen LogP contribution in [-0.2, 0) is 11.3 Å². The van der Waals surface area contributed by atoms with Gasteiger partial charge < -0.3 is 15.2 Å². The van der Waals surface area contributed by atoms with Gasteiger partial charge in [-0.15, -0.1) is 0 Å². The molecular weight excluding hydrogens is 256 g/mol. The molecule has 0 spiro atoms. The fourth-order valence-corrected chi connectivity index (χ4v) is 2.46. The maximum atomic E-state index is 10.8. The minimum atomic E-state index is -0.492. The van der Waals surface area contributed by atoms with Crippen molar-refractivity contribution < 1.29 is 14.3 Å². The molecule has 1 saturated heterocycles. The van der Waals surface area contributed by atoms with E-state index in [0.29, 0.717) is 11.5 Å². The van der Waals surface area contributed by atoms with E-state index in [1.54, 1.807) is 7.11 Å². The Morgan fingerprint density at radius 2 is 2.00 bits per heavy atom. The van der Waals surface area contributed by atoms with Crippen LogP contribution in [0.3, 0.4) is 0 Å². The standard InChI is InChI=1S/C15H22N2O3/c1-19-13-6-5-12(9-14(13)20-11-15(16)18)10-17-7-3-2-4-8-17/h5-6,9H,2-4,7-8,10-11H2,1H3,(H2,16,18). The van der Waals surface area contributed by atoms with Crippen LogP contribution < -0.4 is 15.2 Å². The highest BCUT2D eigenvalue weighted by Gasteiger charge is 2.12. The van der Waals surface area contributed by atoms with Gasteiger partial charge in [-0.2, -0.15) is 0 Å². The Hall–Kier alpha value is -1.75. The third-order valence-electron chi connectivity index (χ3n) is 3.45. The zero-order valence-electron chi connectivity index (χ0n) is 11.9. The minimum Gasteiger partial charge on any atom is -0.493 e. The number of benzene rings is 1. The molecule has 110 valence electrons. The van der Waals surface area contributed by atoms with E-state index in [-0.39, 0.29) is 6.61 Å². The maximum Gasteiger partial charge on any atom is 0.255 e. The Bertz CT molecular complexity index is 456. The second-order valence-corrected chi connectivity index (χ2v) is 5.08. The van der Waals surface area contributed by atoms with Crippen molar-refractivity contribution in [3.63, 3.8) is 0 Å². The molecule has 0 aromatic heterocycles. The molecule has 1 aliphatic rings. The molecule has 2 N–H and O–H groups in total. The number of hydrogen-bond donors (Lipinski definition) is 1. The van der Waals surface area contributed by atoms with Gasteiger partial charge in [0.05, 0.1) is 7.11 Å². The van der Waals surface area contributed by atoms with Crippen LogP contribution in [0.25, 0.3) is 0 Å². The number of ether oxygens (including phenoxy) is 2. The van der Waals surface area contributed by atoms with Gasteiger partial charge in [-0.05, 0) is 43.6 Å². The van der Waals surface area contributed by atoms with Crippen LogP contribution in [0.1, 0.15) is 24.8 Å². The Labute approximate surface area is 119 Å². The predicted octanol–water partition coefficient (Wildman–Crippen LogP) is 1.55. The number of nitrogens with zero attached hydrogens (tertiary/aromatic N) is 1. The normalized spacial score (nSPS) is 15.8. The quantitative estimate of drug-likeness (QED) is 0.857. The Morgan fingerprint density at radius 3 is 2.65 bits per heavy atom. The molecule has 1 heterocycles. The highest BCUT2D eigenvalue weighted by atomic mass is 16.5. The number of carbonyl (C=O) groups excluding carboxylic acids is 1. The number of hydrogen-bond acceptors (Lipinski definition) is 4. The number of piperidine rings is 1. The van der Waals surface area contributed by atoms with Crippen LogP contribution in [0.5, 0.6) is 11.5 Å². The molecule has 5 heteroatoms. The number of amides is 1. The van der Waals surface area contributed by atoms with Gasteiger partial charge in [0.2, 0.25) is 0 Å². The summed E-state index contributed by atoms with van der Waals surface area (Å²) in [7, 11) is 1.58. The third-order valence-corrected chi connectivity index (χ3v) is 3.45. The molecule has 2 rings (SSSR count). The van der Waals surface area contributed by atoms with Crippen molar-refractivity contribution in [1.29, 1.82) is 0 Å². The molecule has 1 aromatic carbocycles. The van der Waals surface area contributed by atoms with Gasteiger partial charge in [0.15, 0.2) is 18.1 Å². The van der Waals surface area contributed by atoms with Gasteiger partial charge in [0.1, 0.15) is 0 Å². The predicted molar refractivity (Wildman–Crippen MR) is 76.8 cm³/mol. The second kappa shape index (κ2) is 7.14. The Kier molecular flexibility index (Phi) is 5.24. The van der Waals surface area contributed by atoms with E-state index in [4.69, 9.17) is 15.2 Å². The molecule has 0 aliphatic carbocycles. The first-order chi connectivity index (χ1) is 9.69. The van der Waals surface area contributed by atoms with Gasteiger partial charge in [-0.1, -0.05) is 12.5 Å². The molecule has 0 unspecified atom stereocenters. The number of primary amides is 1. The van der Waals surface area contributed by atoms with Crippen molar-refractivity contribution >= 4 is 5.91 Å². The van der Waals surface area contributed by atoms with Gasteiger partial charge in [-0.25, -0.2) is 0 Å². The van der Waals surface area contributed by atoms with E-state index in [1.165, 1.54) is 19.3 Å². The van der Waals surface area contributed by atoms with E-state index in [0.717, 1.165) is 25.2 Å². The van der Waals surface area contributed by atoms with Gasteiger partial charge in [-0.3, -0.25) is 9.69 Å². The number of likely N-dealkylation sites (tertiary alicyclic amines) is 1. The van der Waals surface area contributed by atoms with Crippen LogP contribution in [0.15, 0.2) is 18.2 Å². The van der Waals surface area contributed by atoms with Crippen LogP contribution in [0.2, 0.25) is 0 Å². The molecule has 5 nitrogen and oxygen atoms in total. The summed E-state index contributed by atoms with van der Waals surface area (Å²) in [6.07, 6.45) is 3.86. The van der Waals surface area contributed by atoms with Crippen molar-refractivity contribution in [2.45, 2.75) is 25.8 Å². The average Bonchev–Trinajstić information content (AvgIpc) is 2.46. The number of nitrogens with two attached hydrogens (primary N) is 1. The summed E-state index contributed by atoms with van der Waals surface area (Å²) >= 11 is 0. The summed E-state index contributed by atoms with van der Waals surface area (Å²) < 4.78 is 10.6. The molecule has 0 saturated carbocycles. The molecule has 1 aromatic rings.